The Morgan fingerprint density at radius 3 is 2.74 bits per heavy atom. The lowest BCUT2D eigenvalue weighted by atomic mass is 10.2. The first-order valence-electron chi connectivity index (χ1n) is 6.49. The minimum absolute atomic E-state index is 0.133. The van der Waals surface area contributed by atoms with Crippen molar-refractivity contribution in [2.24, 2.45) is 0 Å². The zero-order chi connectivity index (χ0) is 13.2. The van der Waals surface area contributed by atoms with Gasteiger partial charge >= 0.3 is 0 Å². The maximum absolute atomic E-state index is 11.1. The number of benzene rings is 1. The first kappa shape index (κ1) is 11.9. The standard InChI is InChI=1S/C14H16N4O/c1-9-14(15-8-10-6-7-13(19)17-10)18-12-5-3-2-4-11(12)16-9/h2-5,10H,6-8H2,1H3,(H,15,18)(H,17,19). The number of aryl methyl sites for hydroxylation is 1. The molecule has 1 aliphatic rings. The molecule has 5 heteroatoms. The summed E-state index contributed by atoms with van der Waals surface area (Å²) in [4.78, 5) is 20.2. The zero-order valence-electron chi connectivity index (χ0n) is 10.8. The number of anilines is 1. The molecular formula is C14H16N4O. The number of carbonyl (C=O) groups is 1. The summed E-state index contributed by atoms with van der Waals surface area (Å²) in [5.74, 6) is 0.924. The van der Waals surface area contributed by atoms with Crippen LogP contribution < -0.4 is 10.6 Å². The monoisotopic (exact) mass is 256 g/mol. The first-order chi connectivity index (χ1) is 9.22. The smallest absolute Gasteiger partial charge is 0.220 e. The molecule has 3 rings (SSSR count). The predicted octanol–water partition coefficient (Wildman–Crippen LogP) is 1.63. The lowest BCUT2D eigenvalue weighted by Crippen LogP contribution is -2.32. The largest absolute Gasteiger partial charge is 0.366 e. The van der Waals surface area contributed by atoms with Gasteiger partial charge in [0.25, 0.3) is 0 Å². The maximum Gasteiger partial charge on any atom is 0.220 e. The van der Waals surface area contributed by atoms with E-state index >= 15 is 0 Å². The molecule has 19 heavy (non-hydrogen) atoms. The van der Waals surface area contributed by atoms with Crippen LogP contribution in [-0.2, 0) is 4.79 Å². The molecule has 5 nitrogen and oxygen atoms in total. The van der Waals surface area contributed by atoms with E-state index in [-0.39, 0.29) is 11.9 Å². The number of rotatable bonds is 3. The summed E-state index contributed by atoms with van der Waals surface area (Å²) >= 11 is 0. The highest BCUT2D eigenvalue weighted by atomic mass is 16.1. The second kappa shape index (κ2) is 4.84. The summed E-state index contributed by atoms with van der Waals surface area (Å²) in [5, 5.41) is 6.21. The van der Waals surface area contributed by atoms with Gasteiger partial charge in [-0.2, -0.15) is 0 Å². The summed E-state index contributed by atoms with van der Waals surface area (Å²) < 4.78 is 0. The SMILES string of the molecule is Cc1nc2ccccc2nc1NCC1CCC(=O)N1. The average molecular weight is 256 g/mol. The predicted molar refractivity (Wildman–Crippen MR) is 73.9 cm³/mol. The highest BCUT2D eigenvalue weighted by Gasteiger charge is 2.20. The van der Waals surface area contributed by atoms with E-state index in [4.69, 9.17) is 0 Å². The van der Waals surface area contributed by atoms with E-state index in [0.29, 0.717) is 13.0 Å². The quantitative estimate of drug-likeness (QED) is 0.876. The van der Waals surface area contributed by atoms with E-state index in [1.807, 2.05) is 31.2 Å². The summed E-state index contributed by atoms with van der Waals surface area (Å²) in [5.41, 5.74) is 2.66. The molecule has 0 spiro atoms. The van der Waals surface area contributed by atoms with E-state index in [9.17, 15) is 4.79 Å². The molecule has 1 aliphatic heterocycles. The van der Waals surface area contributed by atoms with Gasteiger partial charge in [-0.25, -0.2) is 9.97 Å². The number of aromatic nitrogens is 2. The van der Waals surface area contributed by atoms with Gasteiger partial charge in [0.15, 0.2) is 0 Å². The van der Waals surface area contributed by atoms with Crippen LogP contribution in [0.15, 0.2) is 24.3 Å². The highest BCUT2D eigenvalue weighted by molar-refractivity contribution is 5.78. The first-order valence-corrected chi connectivity index (χ1v) is 6.49. The third-order valence-corrected chi connectivity index (χ3v) is 3.35. The molecule has 0 bridgehead atoms. The Kier molecular flexibility index (Phi) is 3.03. The van der Waals surface area contributed by atoms with Gasteiger partial charge < -0.3 is 10.6 Å². The molecule has 1 unspecified atom stereocenters. The van der Waals surface area contributed by atoms with Gasteiger partial charge in [0.05, 0.1) is 16.7 Å². The Hall–Kier alpha value is -2.17. The fourth-order valence-corrected chi connectivity index (χ4v) is 2.31. The summed E-state index contributed by atoms with van der Waals surface area (Å²) in [6.45, 7) is 2.63. The molecule has 1 aromatic heterocycles. The second-order valence-electron chi connectivity index (χ2n) is 4.83. The van der Waals surface area contributed by atoms with Crippen molar-refractivity contribution < 1.29 is 4.79 Å². The van der Waals surface area contributed by atoms with Gasteiger partial charge in [-0.3, -0.25) is 4.79 Å². The molecule has 2 N–H and O–H groups in total. The van der Waals surface area contributed by atoms with Gasteiger partial charge in [-0.15, -0.1) is 0 Å². The van der Waals surface area contributed by atoms with E-state index in [1.54, 1.807) is 0 Å². The fraction of sp³-hybridized carbons (Fsp3) is 0.357. The Labute approximate surface area is 111 Å². The third-order valence-electron chi connectivity index (χ3n) is 3.35. The molecule has 98 valence electrons. The molecule has 0 saturated carbocycles. The second-order valence-corrected chi connectivity index (χ2v) is 4.83. The Balaban J connectivity index is 1.77. The lowest BCUT2D eigenvalue weighted by molar-refractivity contribution is -0.119. The topological polar surface area (TPSA) is 66.9 Å². The molecule has 2 heterocycles. The molecule has 1 amide bonds. The minimum Gasteiger partial charge on any atom is -0.366 e. The number of fused-ring (bicyclic) bond motifs is 1. The molecular weight excluding hydrogens is 240 g/mol. The van der Waals surface area contributed by atoms with Crippen LogP contribution in [-0.4, -0.2) is 28.5 Å². The number of hydrogen-bond donors (Lipinski definition) is 2. The van der Waals surface area contributed by atoms with Crippen molar-refractivity contribution in [3.63, 3.8) is 0 Å². The van der Waals surface area contributed by atoms with E-state index in [1.165, 1.54) is 0 Å². The minimum atomic E-state index is 0.133. The number of amides is 1. The molecule has 1 aromatic carbocycles. The van der Waals surface area contributed by atoms with Crippen LogP contribution in [0.3, 0.4) is 0 Å². The van der Waals surface area contributed by atoms with E-state index in [0.717, 1.165) is 29.0 Å². The maximum atomic E-state index is 11.1. The van der Waals surface area contributed by atoms with Crippen molar-refractivity contribution in [2.75, 3.05) is 11.9 Å². The fourth-order valence-electron chi connectivity index (χ4n) is 2.31. The molecule has 2 aromatic rings. The molecule has 0 aliphatic carbocycles. The Morgan fingerprint density at radius 2 is 2.05 bits per heavy atom. The van der Waals surface area contributed by atoms with Gasteiger partial charge in [-0.05, 0) is 25.5 Å². The van der Waals surface area contributed by atoms with Gasteiger partial charge in [0.1, 0.15) is 5.82 Å². The van der Waals surface area contributed by atoms with Crippen molar-refractivity contribution in [3.8, 4) is 0 Å². The molecule has 1 atom stereocenters. The third kappa shape index (κ3) is 2.50. The van der Waals surface area contributed by atoms with Crippen molar-refractivity contribution in [3.05, 3.63) is 30.0 Å². The average Bonchev–Trinajstić information content (AvgIpc) is 2.82. The normalized spacial score (nSPS) is 18.6. The van der Waals surface area contributed by atoms with Crippen LogP contribution in [0.4, 0.5) is 5.82 Å². The molecule has 1 fully saturated rings. The van der Waals surface area contributed by atoms with Crippen LogP contribution in [0, 0.1) is 6.92 Å². The summed E-state index contributed by atoms with van der Waals surface area (Å²) in [6.07, 6.45) is 1.50. The van der Waals surface area contributed by atoms with E-state index in [2.05, 4.69) is 20.6 Å². The number of hydrogen-bond acceptors (Lipinski definition) is 4. The van der Waals surface area contributed by atoms with Gasteiger partial charge in [0, 0.05) is 19.0 Å². The number of para-hydroxylation sites is 2. The van der Waals surface area contributed by atoms with Crippen LogP contribution in [0.1, 0.15) is 18.5 Å². The van der Waals surface area contributed by atoms with Crippen molar-refractivity contribution in [1.29, 1.82) is 0 Å². The van der Waals surface area contributed by atoms with E-state index < -0.39 is 0 Å². The summed E-state index contributed by atoms with van der Waals surface area (Å²) in [7, 11) is 0. The molecule has 1 saturated heterocycles. The summed E-state index contributed by atoms with van der Waals surface area (Å²) in [6, 6.07) is 8.01. The van der Waals surface area contributed by atoms with Crippen LogP contribution in [0.25, 0.3) is 11.0 Å². The van der Waals surface area contributed by atoms with Gasteiger partial charge in [-0.1, -0.05) is 12.1 Å². The zero-order valence-corrected chi connectivity index (χ0v) is 10.8. The van der Waals surface area contributed by atoms with Crippen LogP contribution in [0.5, 0.6) is 0 Å². The molecule has 0 radical (unpaired) electrons. The number of nitrogens with zero attached hydrogens (tertiary/aromatic N) is 2. The van der Waals surface area contributed by atoms with Crippen LogP contribution >= 0.6 is 0 Å². The van der Waals surface area contributed by atoms with Crippen LogP contribution in [0.2, 0.25) is 0 Å². The number of carbonyl (C=O) groups excluding carboxylic acids is 1. The van der Waals surface area contributed by atoms with Crippen molar-refractivity contribution >= 4 is 22.8 Å². The van der Waals surface area contributed by atoms with Crippen molar-refractivity contribution in [2.45, 2.75) is 25.8 Å². The van der Waals surface area contributed by atoms with Gasteiger partial charge in [0.2, 0.25) is 5.91 Å². The number of nitrogens with one attached hydrogen (secondary N) is 2. The Morgan fingerprint density at radius 1 is 1.32 bits per heavy atom. The van der Waals surface area contributed by atoms with Crippen molar-refractivity contribution in [1.82, 2.24) is 15.3 Å². The lowest BCUT2D eigenvalue weighted by Gasteiger charge is -2.13. The highest BCUT2D eigenvalue weighted by Crippen LogP contribution is 2.16. The Bertz CT molecular complexity index is 626.